The van der Waals surface area contributed by atoms with Crippen LogP contribution in [0.4, 0.5) is 22.7 Å². The highest BCUT2D eigenvalue weighted by Gasteiger charge is 2.27. The average Bonchev–Trinajstić information content (AvgIpc) is 3.56. The third-order valence-corrected chi connectivity index (χ3v) is 5.78. The van der Waals surface area contributed by atoms with E-state index in [1.54, 1.807) is 6.20 Å². The number of para-hydroxylation sites is 1. The molecule has 1 unspecified atom stereocenters. The quantitative estimate of drug-likeness (QED) is 0.327. The lowest BCUT2D eigenvalue weighted by Crippen LogP contribution is -2.10. The van der Waals surface area contributed by atoms with Gasteiger partial charge in [-0.3, -0.25) is 0 Å². The molecular weight excluding hydrogens is 406 g/mol. The van der Waals surface area contributed by atoms with Crippen LogP contribution in [0.3, 0.4) is 0 Å². The molecule has 5 nitrogen and oxygen atoms in total. The SMILES string of the molecule is C1=CC2=C[N+](c3cccc(N(c4ccccc4)c4cccc(-n5cccn5)c4)c3)=NC2C=C1. The summed E-state index contributed by atoms with van der Waals surface area (Å²) in [6.07, 6.45) is 14.2. The first-order chi connectivity index (χ1) is 16.3. The van der Waals surface area contributed by atoms with Gasteiger partial charge in [0, 0.05) is 35.9 Å². The van der Waals surface area contributed by atoms with E-state index in [9.17, 15) is 0 Å². The van der Waals surface area contributed by atoms with Crippen molar-refractivity contribution in [3.8, 4) is 5.69 Å². The van der Waals surface area contributed by atoms with Crippen LogP contribution < -0.4 is 4.90 Å². The van der Waals surface area contributed by atoms with E-state index in [2.05, 4.69) is 113 Å². The number of hydrogen-bond acceptors (Lipinski definition) is 3. The number of hydrogen-bond donors (Lipinski definition) is 0. The third kappa shape index (κ3) is 3.70. The molecule has 0 saturated carbocycles. The minimum atomic E-state index is 0.0923. The Morgan fingerprint density at radius 2 is 1.61 bits per heavy atom. The average molecular weight is 429 g/mol. The summed E-state index contributed by atoms with van der Waals surface area (Å²) in [6.45, 7) is 0. The fraction of sp³-hybridized carbons (Fsp3) is 0.0357. The van der Waals surface area contributed by atoms with Crippen LogP contribution in [0.15, 0.2) is 139 Å². The molecule has 5 heteroatoms. The molecule has 33 heavy (non-hydrogen) atoms. The molecule has 4 aromatic rings. The zero-order valence-electron chi connectivity index (χ0n) is 17.9. The Bertz CT molecular complexity index is 1410. The summed E-state index contributed by atoms with van der Waals surface area (Å²) in [7, 11) is 0. The second-order valence-corrected chi connectivity index (χ2v) is 7.94. The summed E-state index contributed by atoms with van der Waals surface area (Å²) in [6, 6.07) is 29.3. The summed E-state index contributed by atoms with van der Waals surface area (Å²) < 4.78 is 3.86. The van der Waals surface area contributed by atoms with Gasteiger partial charge in [0.2, 0.25) is 11.9 Å². The molecule has 0 fully saturated rings. The van der Waals surface area contributed by atoms with Gasteiger partial charge in [0.05, 0.1) is 16.9 Å². The minimum Gasteiger partial charge on any atom is -0.310 e. The van der Waals surface area contributed by atoms with Crippen LogP contribution in [0.1, 0.15) is 0 Å². The van der Waals surface area contributed by atoms with Crippen LogP contribution >= 0.6 is 0 Å². The normalized spacial score (nSPS) is 16.3. The number of nitrogens with zero attached hydrogens (tertiary/aromatic N) is 5. The fourth-order valence-electron chi connectivity index (χ4n) is 4.22. The minimum absolute atomic E-state index is 0.0923. The van der Waals surface area contributed by atoms with Gasteiger partial charge in [-0.2, -0.15) is 5.10 Å². The smallest absolute Gasteiger partial charge is 0.239 e. The topological polar surface area (TPSA) is 36.4 Å². The van der Waals surface area contributed by atoms with E-state index >= 15 is 0 Å². The lowest BCUT2D eigenvalue weighted by Gasteiger charge is -2.25. The van der Waals surface area contributed by atoms with Gasteiger partial charge in [-0.1, -0.05) is 53.3 Å². The van der Waals surface area contributed by atoms with Gasteiger partial charge in [-0.05, 0) is 53.7 Å². The van der Waals surface area contributed by atoms with Crippen molar-refractivity contribution >= 4 is 22.7 Å². The fourth-order valence-corrected chi connectivity index (χ4v) is 4.22. The molecule has 0 bridgehead atoms. The van der Waals surface area contributed by atoms with Gasteiger partial charge in [-0.25, -0.2) is 4.68 Å². The van der Waals surface area contributed by atoms with Crippen LogP contribution in [-0.2, 0) is 0 Å². The number of allylic oxidation sites excluding steroid dienone is 2. The number of anilines is 3. The molecule has 0 N–H and O–H groups in total. The van der Waals surface area contributed by atoms with E-state index in [0.29, 0.717) is 0 Å². The third-order valence-electron chi connectivity index (χ3n) is 5.78. The van der Waals surface area contributed by atoms with Crippen LogP contribution in [0.25, 0.3) is 5.69 Å². The lowest BCUT2D eigenvalue weighted by molar-refractivity contribution is -0.435. The highest BCUT2D eigenvalue weighted by molar-refractivity contribution is 5.78. The summed E-state index contributed by atoms with van der Waals surface area (Å²) in [5.41, 5.74) is 6.45. The maximum Gasteiger partial charge on any atom is 0.239 e. The number of benzene rings is 3. The van der Waals surface area contributed by atoms with Crippen molar-refractivity contribution in [1.82, 2.24) is 9.78 Å². The first kappa shape index (κ1) is 19.2. The summed E-state index contributed by atoms with van der Waals surface area (Å²) >= 11 is 0. The molecule has 6 rings (SSSR count). The Balaban J connectivity index is 1.44. The Labute approximate surface area is 192 Å². The maximum atomic E-state index is 4.85. The van der Waals surface area contributed by atoms with E-state index in [-0.39, 0.29) is 6.04 Å². The van der Waals surface area contributed by atoms with Crippen LogP contribution in [-0.4, -0.2) is 20.5 Å². The van der Waals surface area contributed by atoms with E-state index in [0.717, 1.165) is 28.4 Å². The predicted octanol–water partition coefficient (Wildman–Crippen LogP) is 6.83. The maximum absolute atomic E-state index is 4.85. The van der Waals surface area contributed by atoms with Crippen LogP contribution in [0.5, 0.6) is 0 Å². The first-order valence-corrected chi connectivity index (χ1v) is 11.0. The van der Waals surface area contributed by atoms with Crippen LogP contribution in [0, 0.1) is 0 Å². The molecular formula is C28H22N5+. The lowest BCUT2D eigenvalue weighted by atomic mass is 10.1. The second-order valence-electron chi connectivity index (χ2n) is 7.94. The summed E-state index contributed by atoms with van der Waals surface area (Å²) in [4.78, 5) is 2.26. The highest BCUT2D eigenvalue weighted by Crippen LogP contribution is 2.37. The van der Waals surface area contributed by atoms with Gasteiger partial charge in [-0.15, -0.1) is 0 Å². The highest BCUT2D eigenvalue weighted by atomic mass is 15.3. The van der Waals surface area contributed by atoms with Crippen molar-refractivity contribution < 1.29 is 4.70 Å². The molecule has 0 saturated heterocycles. The number of rotatable bonds is 5. The number of azo groups is 2. The van der Waals surface area contributed by atoms with E-state index in [1.165, 1.54) is 5.57 Å². The molecule has 0 amide bonds. The van der Waals surface area contributed by atoms with Gasteiger partial charge in [0.1, 0.15) is 0 Å². The predicted molar refractivity (Wildman–Crippen MR) is 131 cm³/mol. The van der Waals surface area contributed by atoms with Gasteiger partial charge < -0.3 is 4.90 Å². The Hall–Kier alpha value is -4.51. The monoisotopic (exact) mass is 428 g/mol. The zero-order chi connectivity index (χ0) is 22.0. The Kier molecular flexibility index (Phi) is 4.77. The van der Waals surface area contributed by atoms with E-state index in [4.69, 9.17) is 5.11 Å². The summed E-state index contributed by atoms with van der Waals surface area (Å²) in [5.74, 6) is 0. The first-order valence-electron chi connectivity index (χ1n) is 11.0. The van der Waals surface area contributed by atoms with Crippen molar-refractivity contribution in [3.05, 3.63) is 133 Å². The van der Waals surface area contributed by atoms with Gasteiger partial charge >= 0.3 is 0 Å². The van der Waals surface area contributed by atoms with Crippen molar-refractivity contribution in [3.63, 3.8) is 0 Å². The number of fused-ring (bicyclic) bond motifs is 1. The van der Waals surface area contributed by atoms with Crippen molar-refractivity contribution in [2.75, 3.05) is 4.90 Å². The number of aromatic nitrogens is 2. The van der Waals surface area contributed by atoms with Crippen LogP contribution in [0.2, 0.25) is 0 Å². The standard InChI is InChI=1S/C28H22N5/c1-2-10-23(11-3-1)33(26-14-6-12-24(19-26)31-18-8-17-29-31)27-15-7-13-25(20-27)32-21-22-9-4-5-16-28(22)30-32/h1-21,28H/q+1. The molecule has 3 aromatic carbocycles. The molecule has 1 atom stereocenters. The molecule has 1 aromatic heterocycles. The van der Waals surface area contributed by atoms with Gasteiger partial charge in [0.25, 0.3) is 0 Å². The molecule has 0 radical (unpaired) electrons. The largest absolute Gasteiger partial charge is 0.310 e. The molecule has 2 aliphatic rings. The van der Waals surface area contributed by atoms with Gasteiger partial charge in [0.15, 0.2) is 6.04 Å². The van der Waals surface area contributed by atoms with Crippen molar-refractivity contribution in [2.45, 2.75) is 6.04 Å². The molecule has 158 valence electrons. The van der Waals surface area contributed by atoms with Crippen molar-refractivity contribution in [2.24, 2.45) is 5.11 Å². The van der Waals surface area contributed by atoms with Crippen molar-refractivity contribution in [1.29, 1.82) is 0 Å². The van der Waals surface area contributed by atoms with E-state index < -0.39 is 0 Å². The Morgan fingerprint density at radius 1 is 0.788 bits per heavy atom. The molecule has 1 aliphatic heterocycles. The van der Waals surface area contributed by atoms with E-state index in [1.807, 2.05) is 27.7 Å². The molecule has 0 spiro atoms. The zero-order valence-corrected chi connectivity index (χ0v) is 17.9. The second kappa shape index (κ2) is 8.20. The summed E-state index contributed by atoms with van der Waals surface area (Å²) in [5, 5.41) is 9.24. The molecule has 1 aliphatic carbocycles. The molecule has 2 heterocycles. The Morgan fingerprint density at radius 3 is 2.42 bits per heavy atom.